The van der Waals surface area contributed by atoms with Crippen LogP contribution in [0.25, 0.3) is 0 Å². The molecule has 0 amide bonds. The fraction of sp³-hybridized carbons (Fsp3) is 0.571. The number of hydrogen-bond donors (Lipinski definition) is 2. The summed E-state index contributed by atoms with van der Waals surface area (Å²) < 4.78 is 0. The molecule has 1 aromatic rings. The SMILES string of the molecule is CCC(C)(C)N(C)c1ccc(C(C)O)c(O)c1. The minimum atomic E-state index is -0.645. The highest BCUT2D eigenvalue weighted by molar-refractivity contribution is 5.54. The van der Waals surface area contributed by atoms with Crippen LogP contribution < -0.4 is 4.90 Å². The summed E-state index contributed by atoms with van der Waals surface area (Å²) in [6.07, 6.45) is 0.371. The van der Waals surface area contributed by atoms with Gasteiger partial charge < -0.3 is 15.1 Å². The molecule has 0 saturated carbocycles. The Morgan fingerprint density at radius 3 is 2.35 bits per heavy atom. The van der Waals surface area contributed by atoms with Crippen molar-refractivity contribution in [3.8, 4) is 5.75 Å². The molecule has 0 spiro atoms. The summed E-state index contributed by atoms with van der Waals surface area (Å²) in [4.78, 5) is 2.14. The topological polar surface area (TPSA) is 43.7 Å². The molecule has 2 N–H and O–H groups in total. The van der Waals surface area contributed by atoms with E-state index in [-0.39, 0.29) is 11.3 Å². The van der Waals surface area contributed by atoms with Gasteiger partial charge in [0.1, 0.15) is 5.75 Å². The number of aromatic hydroxyl groups is 1. The van der Waals surface area contributed by atoms with Gasteiger partial charge in [-0.1, -0.05) is 13.0 Å². The summed E-state index contributed by atoms with van der Waals surface area (Å²) in [5, 5.41) is 19.3. The van der Waals surface area contributed by atoms with Crippen LogP contribution >= 0.6 is 0 Å². The predicted octanol–water partition coefficient (Wildman–Crippen LogP) is 3.07. The van der Waals surface area contributed by atoms with Crippen molar-refractivity contribution < 1.29 is 10.2 Å². The molecule has 3 nitrogen and oxygen atoms in total. The van der Waals surface area contributed by atoms with Crippen molar-refractivity contribution in [1.82, 2.24) is 0 Å². The normalized spacial score (nSPS) is 13.5. The van der Waals surface area contributed by atoms with Gasteiger partial charge in [-0.25, -0.2) is 0 Å². The van der Waals surface area contributed by atoms with Crippen molar-refractivity contribution in [2.45, 2.75) is 45.8 Å². The molecule has 0 heterocycles. The molecule has 0 bridgehead atoms. The molecule has 0 aromatic heterocycles. The van der Waals surface area contributed by atoms with Crippen LogP contribution in [0, 0.1) is 0 Å². The molecule has 0 aliphatic carbocycles. The van der Waals surface area contributed by atoms with Gasteiger partial charge in [-0.2, -0.15) is 0 Å². The first-order valence-corrected chi connectivity index (χ1v) is 6.04. The summed E-state index contributed by atoms with van der Waals surface area (Å²) in [5.74, 6) is 0.149. The third-order valence-corrected chi connectivity index (χ3v) is 3.62. The maximum Gasteiger partial charge on any atom is 0.123 e. The van der Waals surface area contributed by atoms with Crippen LogP contribution in [-0.2, 0) is 0 Å². The van der Waals surface area contributed by atoms with Crippen molar-refractivity contribution in [1.29, 1.82) is 0 Å². The molecule has 0 aliphatic rings. The molecule has 17 heavy (non-hydrogen) atoms. The number of anilines is 1. The van der Waals surface area contributed by atoms with Crippen molar-refractivity contribution >= 4 is 5.69 Å². The first-order valence-electron chi connectivity index (χ1n) is 6.04. The summed E-state index contributed by atoms with van der Waals surface area (Å²) >= 11 is 0. The number of nitrogens with zero attached hydrogens (tertiary/aromatic N) is 1. The van der Waals surface area contributed by atoms with Crippen molar-refractivity contribution in [2.24, 2.45) is 0 Å². The van der Waals surface area contributed by atoms with Crippen molar-refractivity contribution in [3.05, 3.63) is 23.8 Å². The number of phenolic OH excluding ortho intramolecular Hbond substituents is 1. The molecule has 0 radical (unpaired) electrons. The minimum Gasteiger partial charge on any atom is -0.507 e. The Bertz CT molecular complexity index is 386. The zero-order valence-corrected chi connectivity index (χ0v) is 11.4. The summed E-state index contributed by atoms with van der Waals surface area (Å²) in [6.45, 7) is 8.11. The van der Waals surface area contributed by atoms with E-state index in [1.807, 2.05) is 13.1 Å². The Hall–Kier alpha value is -1.22. The van der Waals surface area contributed by atoms with E-state index in [2.05, 4.69) is 25.7 Å². The molecular weight excluding hydrogens is 214 g/mol. The van der Waals surface area contributed by atoms with Crippen LogP contribution in [-0.4, -0.2) is 22.8 Å². The lowest BCUT2D eigenvalue weighted by atomic mass is 9.98. The maximum absolute atomic E-state index is 9.86. The van der Waals surface area contributed by atoms with Gasteiger partial charge in [0.25, 0.3) is 0 Å². The molecule has 0 fully saturated rings. The average molecular weight is 237 g/mol. The Labute approximate surface area is 104 Å². The van der Waals surface area contributed by atoms with E-state index in [0.29, 0.717) is 5.56 Å². The van der Waals surface area contributed by atoms with Gasteiger partial charge in [0.15, 0.2) is 0 Å². The van der Waals surface area contributed by atoms with Crippen molar-refractivity contribution in [2.75, 3.05) is 11.9 Å². The molecule has 96 valence electrons. The molecular formula is C14H23NO2. The van der Waals surface area contributed by atoms with E-state index in [1.54, 1.807) is 19.1 Å². The van der Waals surface area contributed by atoms with Crippen LogP contribution in [0.1, 0.15) is 45.8 Å². The number of rotatable bonds is 4. The second-order valence-electron chi connectivity index (χ2n) is 5.14. The minimum absolute atomic E-state index is 0.0405. The van der Waals surface area contributed by atoms with E-state index in [1.165, 1.54) is 0 Å². The highest BCUT2D eigenvalue weighted by Crippen LogP contribution is 2.31. The zero-order valence-electron chi connectivity index (χ0n) is 11.4. The number of aliphatic hydroxyl groups excluding tert-OH is 1. The lowest BCUT2D eigenvalue weighted by Gasteiger charge is -2.37. The highest BCUT2D eigenvalue weighted by Gasteiger charge is 2.22. The van der Waals surface area contributed by atoms with Crippen LogP contribution in [0.4, 0.5) is 5.69 Å². The van der Waals surface area contributed by atoms with Crippen LogP contribution in [0.5, 0.6) is 5.75 Å². The van der Waals surface area contributed by atoms with Crippen LogP contribution in [0.2, 0.25) is 0 Å². The summed E-state index contributed by atoms with van der Waals surface area (Å²) in [5.41, 5.74) is 1.56. The van der Waals surface area contributed by atoms with Crippen LogP contribution in [0.3, 0.4) is 0 Å². The van der Waals surface area contributed by atoms with Gasteiger partial charge in [0, 0.05) is 29.9 Å². The quantitative estimate of drug-likeness (QED) is 0.845. The van der Waals surface area contributed by atoms with Crippen molar-refractivity contribution in [3.63, 3.8) is 0 Å². The second kappa shape index (κ2) is 4.96. The molecule has 0 saturated heterocycles. The first-order chi connectivity index (χ1) is 7.79. The van der Waals surface area contributed by atoms with Gasteiger partial charge in [-0.05, 0) is 33.3 Å². The molecule has 1 rings (SSSR count). The molecule has 1 atom stereocenters. The summed E-state index contributed by atoms with van der Waals surface area (Å²) in [6, 6.07) is 5.41. The Kier molecular flexibility index (Phi) is 4.04. The molecule has 1 unspecified atom stereocenters. The van der Waals surface area contributed by atoms with Crippen LogP contribution in [0.15, 0.2) is 18.2 Å². The summed E-state index contributed by atoms with van der Waals surface area (Å²) in [7, 11) is 2.01. The largest absolute Gasteiger partial charge is 0.507 e. The maximum atomic E-state index is 9.86. The number of phenols is 1. The Morgan fingerprint density at radius 1 is 1.35 bits per heavy atom. The predicted molar refractivity (Wildman–Crippen MR) is 71.5 cm³/mol. The number of hydrogen-bond acceptors (Lipinski definition) is 3. The van der Waals surface area contributed by atoms with Gasteiger partial charge in [-0.3, -0.25) is 0 Å². The molecule has 0 aliphatic heterocycles. The number of aliphatic hydroxyl groups is 1. The fourth-order valence-corrected chi connectivity index (χ4v) is 1.68. The van der Waals surface area contributed by atoms with Gasteiger partial charge in [0.05, 0.1) is 6.10 Å². The second-order valence-corrected chi connectivity index (χ2v) is 5.14. The van der Waals surface area contributed by atoms with E-state index >= 15 is 0 Å². The van der Waals surface area contributed by atoms with Gasteiger partial charge in [0.2, 0.25) is 0 Å². The zero-order chi connectivity index (χ0) is 13.2. The standard InChI is InChI=1S/C14H23NO2/c1-6-14(3,4)15(5)11-7-8-12(10(2)16)13(17)9-11/h7-10,16-17H,6H2,1-5H3. The van der Waals surface area contributed by atoms with Gasteiger partial charge in [-0.15, -0.1) is 0 Å². The van der Waals surface area contributed by atoms with E-state index < -0.39 is 6.10 Å². The Morgan fingerprint density at radius 2 is 1.94 bits per heavy atom. The lowest BCUT2D eigenvalue weighted by molar-refractivity contribution is 0.195. The van der Waals surface area contributed by atoms with Gasteiger partial charge >= 0.3 is 0 Å². The Balaban J connectivity index is 3.06. The number of benzene rings is 1. The first kappa shape index (κ1) is 13.8. The average Bonchev–Trinajstić information content (AvgIpc) is 2.27. The monoisotopic (exact) mass is 237 g/mol. The fourth-order valence-electron chi connectivity index (χ4n) is 1.68. The van der Waals surface area contributed by atoms with E-state index in [9.17, 15) is 10.2 Å². The molecule has 1 aromatic carbocycles. The lowest BCUT2D eigenvalue weighted by Crippen LogP contribution is -2.40. The van der Waals surface area contributed by atoms with E-state index in [0.717, 1.165) is 12.1 Å². The third kappa shape index (κ3) is 2.91. The smallest absolute Gasteiger partial charge is 0.123 e. The highest BCUT2D eigenvalue weighted by atomic mass is 16.3. The van der Waals surface area contributed by atoms with E-state index in [4.69, 9.17) is 0 Å². The third-order valence-electron chi connectivity index (χ3n) is 3.62. The molecule has 3 heteroatoms.